The van der Waals surface area contributed by atoms with Crippen molar-refractivity contribution < 1.29 is 23.9 Å². The summed E-state index contributed by atoms with van der Waals surface area (Å²) in [5.41, 5.74) is 0.421. The summed E-state index contributed by atoms with van der Waals surface area (Å²) in [6, 6.07) is 4.19. The number of carbonyl (C=O) groups is 3. The van der Waals surface area contributed by atoms with E-state index in [4.69, 9.17) is 9.47 Å². The second kappa shape index (κ2) is 8.04. The van der Waals surface area contributed by atoms with Crippen LogP contribution in [0, 0.1) is 0 Å². The van der Waals surface area contributed by atoms with Crippen LogP contribution in [0.15, 0.2) is 18.2 Å². The maximum absolute atomic E-state index is 12.0. The zero-order valence-corrected chi connectivity index (χ0v) is 12.4. The monoisotopic (exact) mass is 293 g/mol. The van der Waals surface area contributed by atoms with E-state index < -0.39 is 17.8 Å². The molecule has 0 aliphatic heterocycles. The Bertz CT molecular complexity index is 539. The van der Waals surface area contributed by atoms with Crippen molar-refractivity contribution in [2.75, 3.05) is 19.8 Å². The van der Waals surface area contributed by atoms with Gasteiger partial charge in [0, 0.05) is 6.54 Å². The molecule has 0 saturated carbocycles. The van der Waals surface area contributed by atoms with E-state index in [0.717, 1.165) is 0 Å². The molecule has 0 aliphatic carbocycles. The minimum Gasteiger partial charge on any atom is -0.462 e. The van der Waals surface area contributed by atoms with Crippen LogP contribution in [0.2, 0.25) is 0 Å². The second-order valence-electron chi connectivity index (χ2n) is 4.06. The number of hydrogen-bond donors (Lipinski definition) is 1. The lowest BCUT2D eigenvalue weighted by molar-refractivity contribution is 0.0521. The SMILES string of the molecule is CCNC(=O)c1ccc(C(=O)OCC)cc1C(=O)OCC. The number of benzene rings is 1. The predicted molar refractivity (Wildman–Crippen MR) is 76.4 cm³/mol. The molecule has 1 rings (SSSR count). The molecule has 0 bridgehead atoms. The highest BCUT2D eigenvalue weighted by molar-refractivity contribution is 6.07. The first-order valence-corrected chi connectivity index (χ1v) is 6.81. The predicted octanol–water partition coefficient (Wildman–Crippen LogP) is 1.79. The molecule has 1 N–H and O–H groups in total. The van der Waals surface area contributed by atoms with Gasteiger partial charge >= 0.3 is 11.9 Å². The van der Waals surface area contributed by atoms with Gasteiger partial charge < -0.3 is 14.8 Å². The summed E-state index contributed by atoms with van der Waals surface area (Å²) in [6.07, 6.45) is 0. The number of amides is 1. The van der Waals surface area contributed by atoms with Crippen molar-refractivity contribution in [3.05, 3.63) is 34.9 Å². The smallest absolute Gasteiger partial charge is 0.338 e. The molecule has 0 saturated heterocycles. The molecule has 0 radical (unpaired) electrons. The third kappa shape index (κ3) is 4.30. The van der Waals surface area contributed by atoms with Gasteiger partial charge in [0.05, 0.1) is 29.9 Å². The Kier molecular flexibility index (Phi) is 6.39. The molecule has 0 heterocycles. The lowest BCUT2D eigenvalue weighted by Gasteiger charge is -2.10. The number of nitrogens with one attached hydrogen (secondary N) is 1. The highest BCUT2D eigenvalue weighted by atomic mass is 16.5. The van der Waals surface area contributed by atoms with Crippen molar-refractivity contribution in [3.8, 4) is 0 Å². The summed E-state index contributed by atoms with van der Waals surface area (Å²) in [4.78, 5) is 35.6. The molecular formula is C15H19NO5. The van der Waals surface area contributed by atoms with Gasteiger partial charge in [-0.2, -0.15) is 0 Å². The third-order valence-corrected chi connectivity index (χ3v) is 2.61. The molecule has 21 heavy (non-hydrogen) atoms. The third-order valence-electron chi connectivity index (χ3n) is 2.61. The fourth-order valence-corrected chi connectivity index (χ4v) is 1.72. The molecule has 0 spiro atoms. The normalized spacial score (nSPS) is 9.86. The van der Waals surface area contributed by atoms with Gasteiger partial charge in [-0.1, -0.05) is 0 Å². The number of carbonyl (C=O) groups excluding carboxylic acids is 3. The molecule has 0 aliphatic rings. The Labute approximate surface area is 123 Å². The highest BCUT2D eigenvalue weighted by Gasteiger charge is 2.20. The standard InChI is InChI=1S/C15H19NO5/c1-4-16-13(17)11-8-7-10(14(18)20-5-2)9-12(11)15(19)21-6-3/h7-9H,4-6H2,1-3H3,(H,16,17). The summed E-state index contributed by atoms with van der Waals surface area (Å²) in [7, 11) is 0. The van der Waals surface area contributed by atoms with E-state index in [1.54, 1.807) is 20.8 Å². The molecular weight excluding hydrogens is 274 g/mol. The van der Waals surface area contributed by atoms with Crippen LogP contribution >= 0.6 is 0 Å². The Balaban J connectivity index is 3.22. The summed E-state index contributed by atoms with van der Waals surface area (Å²) in [6.45, 7) is 5.96. The molecule has 114 valence electrons. The van der Waals surface area contributed by atoms with Crippen molar-refractivity contribution in [2.24, 2.45) is 0 Å². The minimum absolute atomic E-state index is 0.0494. The molecule has 0 fully saturated rings. The molecule has 0 unspecified atom stereocenters. The maximum Gasteiger partial charge on any atom is 0.338 e. The van der Waals surface area contributed by atoms with Gasteiger partial charge in [0.15, 0.2) is 0 Å². The van der Waals surface area contributed by atoms with E-state index >= 15 is 0 Å². The Morgan fingerprint density at radius 3 is 2.14 bits per heavy atom. The lowest BCUT2D eigenvalue weighted by atomic mass is 10.0. The fraction of sp³-hybridized carbons (Fsp3) is 0.400. The van der Waals surface area contributed by atoms with E-state index in [1.807, 2.05) is 0 Å². The number of ether oxygens (including phenoxy) is 2. The topological polar surface area (TPSA) is 81.7 Å². The Morgan fingerprint density at radius 2 is 1.57 bits per heavy atom. The van der Waals surface area contributed by atoms with Gasteiger partial charge in [0.2, 0.25) is 0 Å². The van der Waals surface area contributed by atoms with Crippen molar-refractivity contribution in [1.82, 2.24) is 5.32 Å². The molecule has 1 aromatic carbocycles. The second-order valence-corrected chi connectivity index (χ2v) is 4.06. The zero-order valence-electron chi connectivity index (χ0n) is 12.4. The van der Waals surface area contributed by atoms with Crippen LogP contribution in [0.5, 0.6) is 0 Å². The van der Waals surface area contributed by atoms with Crippen molar-refractivity contribution in [2.45, 2.75) is 20.8 Å². The number of hydrogen-bond acceptors (Lipinski definition) is 5. The first-order chi connectivity index (χ1) is 10.0. The lowest BCUT2D eigenvalue weighted by Crippen LogP contribution is -2.25. The quantitative estimate of drug-likeness (QED) is 0.809. The van der Waals surface area contributed by atoms with Gasteiger partial charge in [-0.05, 0) is 39.0 Å². The van der Waals surface area contributed by atoms with Crippen molar-refractivity contribution >= 4 is 17.8 Å². The van der Waals surface area contributed by atoms with Gasteiger partial charge in [-0.25, -0.2) is 9.59 Å². The molecule has 6 heteroatoms. The van der Waals surface area contributed by atoms with Crippen LogP contribution in [-0.4, -0.2) is 37.6 Å². The summed E-state index contributed by atoms with van der Waals surface area (Å²) in [5.74, 6) is -1.59. The van der Waals surface area contributed by atoms with E-state index in [1.165, 1.54) is 18.2 Å². The van der Waals surface area contributed by atoms with Gasteiger partial charge in [-0.3, -0.25) is 4.79 Å². The average Bonchev–Trinajstić information content (AvgIpc) is 2.47. The van der Waals surface area contributed by atoms with E-state index in [0.29, 0.717) is 6.54 Å². The molecule has 0 atom stereocenters. The minimum atomic E-state index is -0.648. The highest BCUT2D eigenvalue weighted by Crippen LogP contribution is 2.15. The summed E-state index contributed by atoms with van der Waals surface area (Å²) < 4.78 is 9.80. The average molecular weight is 293 g/mol. The van der Waals surface area contributed by atoms with Crippen LogP contribution in [0.4, 0.5) is 0 Å². The Morgan fingerprint density at radius 1 is 0.952 bits per heavy atom. The molecule has 6 nitrogen and oxygen atoms in total. The summed E-state index contributed by atoms with van der Waals surface area (Å²) in [5, 5.41) is 2.61. The van der Waals surface area contributed by atoms with Crippen LogP contribution in [0.25, 0.3) is 0 Å². The van der Waals surface area contributed by atoms with Crippen molar-refractivity contribution in [3.63, 3.8) is 0 Å². The molecule has 0 aromatic heterocycles. The van der Waals surface area contributed by atoms with Crippen LogP contribution in [-0.2, 0) is 9.47 Å². The Hall–Kier alpha value is -2.37. The first-order valence-electron chi connectivity index (χ1n) is 6.81. The van der Waals surface area contributed by atoms with Gasteiger partial charge in [0.25, 0.3) is 5.91 Å². The van der Waals surface area contributed by atoms with Gasteiger partial charge in [-0.15, -0.1) is 0 Å². The van der Waals surface area contributed by atoms with Crippen molar-refractivity contribution in [1.29, 1.82) is 0 Å². The molecule has 1 amide bonds. The van der Waals surface area contributed by atoms with E-state index in [9.17, 15) is 14.4 Å². The number of rotatable bonds is 6. The largest absolute Gasteiger partial charge is 0.462 e. The van der Waals surface area contributed by atoms with E-state index in [-0.39, 0.29) is 29.9 Å². The summed E-state index contributed by atoms with van der Waals surface area (Å²) >= 11 is 0. The zero-order chi connectivity index (χ0) is 15.8. The van der Waals surface area contributed by atoms with Gasteiger partial charge in [0.1, 0.15) is 0 Å². The number of esters is 2. The van der Waals surface area contributed by atoms with Crippen LogP contribution < -0.4 is 5.32 Å². The first kappa shape index (κ1) is 16.7. The fourth-order valence-electron chi connectivity index (χ4n) is 1.72. The maximum atomic E-state index is 12.0. The van der Waals surface area contributed by atoms with Crippen LogP contribution in [0.3, 0.4) is 0 Å². The van der Waals surface area contributed by atoms with Crippen LogP contribution in [0.1, 0.15) is 51.8 Å². The van der Waals surface area contributed by atoms with E-state index in [2.05, 4.69) is 5.32 Å². The molecule has 1 aromatic rings.